The van der Waals surface area contributed by atoms with Crippen molar-refractivity contribution < 1.29 is 33.4 Å². The summed E-state index contributed by atoms with van der Waals surface area (Å²) in [5.41, 5.74) is 2.38. The van der Waals surface area contributed by atoms with Crippen LogP contribution >= 0.6 is 0 Å². The van der Waals surface area contributed by atoms with Gasteiger partial charge in [0.15, 0.2) is 0 Å². The first kappa shape index (κ1) is 26.1. The highest BCUT2D eigenvalue weighted by Gasteiger charge is 2.64. The number of amides is 3. The van der Waals surface area contributed by atoms with Gasteiger partial charge in [-0.1, -0.05) is 30.4 Å². The molecule has 0 radical (unpaired) electrons. The topological polar surface area (TPSA) is 114 Å². The predicted octanol–water partition coefficient (Wildman–Crippen LogP) is 3.66. The monoisotopic (exact) mass is 553 g/mol. The lowest BCUT2D eigenvalue weighted by molar-refractivity contribution is -0.132. The van der Waals surface area contributed by atoms with E-state index in [1.807, 2.05) is 41.3 Å². The van der Waals surface area contributed by atoms with Crippen LogP contribution in [0.5, 0.6) is 17.2 Å². The SMILES string of the molecule is COc1ccc(OC)c(NC(=O)C2C3C(=O)N(c4ccc(OC(C)=O)cc4)C(=O)C3C3C=Cc4ccccc4N32)c1. The molecule has 1 N–H and O–H groups in total. The predicted molar refractivity (Wildman–Crippen MR) is 151 cm³/mol. The number of ether oxygens (including phenoxy) is 3. The zero-order valence-electron chi connectivity index (χ0n) is 22.6. The maximum Gasteiger partial charge on any atom is 0.308 e. The van der Waals surface area contributed by atoms with Crippen LogP contribution in [0.15, 0.2) is 72.8 Å². The van der Waals surface area contributed by atoms with E-state index < -0.39 is 47.6 Å². The largest absolute Gasteiger partial charge is 0.497 e. The van der Waals surface area contributed by atoms with Gasteiger partial charge < -0.3 is 24.4 Å². The Kier molecular flexibility index (Phi) is 6.45. The standard InChI is InChI=1S/C31H27N3O7/c1-17(35)41-20-11-9-19(10-12-20)33-30(37)26-24-14-8-18-6-4-5-7-23(18)34(24)28(27(26)31(33)38)29(36)32-22-16-21(39-2)13-15-25(22)40-3/h4-16,24,26-28H,1-3H3,(H,32,36). The number of hydrogen-bond donors (Lipinski definition) is 1. The van der Waals surface area contributed by atoms with E-state index in [0.717, 1.165) is 16.2 Å². The van der Waals surface area contributed by atoms with E-state index in [0.29, 0.717) is 28.6 Å². The first-order chi connectivity index (χ1) is 19.8. The van der Waals surface area contributed by atoms with Crippen molar-refractivity contribution >= 4 is 46.8 Å². The molecule has 3 aromatic carbocycles. The molecule has 10 heteroatoms. The molecule has 0 spiro atoms. The number of esters is 1. The highest BCUT2D eigenvalue weighted by molar-refractivity contribution is 6.25. The fourth-order valence-electron chi connectivity index (χ4n) is 6.02. The number of para-hydroxylation sites is 1. The van der Waals surface area contributed by atoms with Crippen LogP contribution in [0.2, 0.25) is 0 Å². The Labute approximate surface area is 236 Å². The minimum Gasteiger partial charge on any atom is -0.497 e. The number of benzene rings is 3. The smallest absolute Gasteiger partial charge is 0.308 e. The van der Waals surface area contributed by atoms with Crippen LogP contribution in [0, 0.1) is 11.8 Å². The highest BCUT2D eigenvalue weighted by atomic mass is 16.5. The molecule has 41 heavy (non-hydrogen) atoms. The Balaban J connectivity index is 1.40. The number of fused-ring (bicyclic) bond motifs is 5. The molecule has 2 fully saturated rings. The zero-order valence-corrected chi connectivity index (χ0v) is 22.6. The molecule has 4 atom stereocenters. The Morgan fingerprint density at radius 3 is 2.27 bits per heavy atom. The molecule has 0 aromatic heterocycles. The van der Waals surface area contributed by atoms with Crippen LogP contribution in [0.25, 0.3) is 6.08 Å². The van der Waals surface area contributed by atoms with Gasteiger partial charge in [0.1, 0.15) is 23.3 Å². The van der Waals surface area contributed by atoms with Crippen LogP contribution in [0.1, 0.15) is 12.5 Å². The lowest BCUT2D eigenvalue weighted by Crippen LogP contribution is -2.50. The van der Waals surface area contributed by atoms with Crippen LogP contribution in [0.3, 0.4) is 0 Å². The van der Waals surface area contributed by atoms with Crippen LogP contribution in [-0.4, -0.2) is 50.0 Å². The van der Waals surface area contributed by atoms with Crippen molar-refractivity contribution in [2.45, 2.75) is 19.0 Å². The molecular weight excluding hydrogens is 526 g/mol. The van der Waals surface area contributed by atoms with Gasteiger partial charge in [-0.05, 0) is 48.0 Å². The second-order valence-electron chi connectivity index (χ2n) is 9.97. The minimum absolute atomic E-state index is 0.294. The highest BCUT2D eigenvalue weighted by Crippen LogP contribution is 2.49. The second kappa shape index (κ2) is 10.1. The van der Waals surface area contributed by atoms with E-state index >= 15 is 0 Å². The Morgan fingerprint density at radius 1 is 0.854 bits per heavy atom. The fourth-order valence-corrected chi connectivity index (χ4v) is 6.02. The molecule has 0 bridgehead atoms. The van der Waals surface area contributed by atoms with E-state index in [1.165, 1.54) is 33.3 Å². The number of rotatable bonds is 6. The van der Waals surface area contributed by atoms with Gasteiger partial charge in [-0.25, -0.2) is 4.90 Å². The molecule has 2 saturated heterocycles. The molecule has 208 valence electrons. The van der Waals surface area contributed by atoms with Gasteiger partial charge in [-0.15, -0.1) is 0 Å². The van der Waals surface area contributed by atoms with Gasteiger partial charge in [0.25, 0.3) is 0 Å². The van der Waals surface area contributed by atoms with Gasteiger partial charge in [-0.3, -0.25) is 19.2 Å². The summed E-state index contributed by atoms with van der Waals surface area (Å²) in [5.74, 6) is -2.30. The summed E-state index contributed by atoms with van der Waals surface area (Å²) in [7, 11) is 3.02. The number of anilines is 3. The van der Waals surface area contributed by atoms with Crippen LogP contribution < -0.4 is 29.3 Å². The van der Waals surface area contributed by atoms with Crippen molar-refractivity contribution in [1.29, 1.82) is 0 Å². The summed E-state index contributed by atoms with van der Waals surface area (Å²) >= 11 is 0. The second-order valence-corrected chi connectivity index (χ2v) is 9.97. The molecule has 3 aliphatic heterocycles. The number of carbonyl (C=O) groups is 4. The van der Waals surface area contributed by atoms with Crippen molar-refractivity contribution in [3.05, 3.63) is 78.4 Å². The molecule has 6 rings (SSSR count). The molecule has 0 saturated carbocycles. The lowest BCUT2D eigenvalue weighted by atomic mass is 9.88. The van der Waals surface area contributed by atoms with E-state index in [1.54, 1.807) is 30.3 Å². The van der Waals surface area contributed by atoms with Crippen molar-refractivity contribution in [2.24, 2.45) is 11.8 Å². The third kappa shape index (κ3) is 4.28. The minimum atomic E-state index is -0.992. The van der Waals surface area contributed by atoms with E-state index in [4.69, 9.17) is 14.2 Å². The lowest BCUT2D eigenvalue weighted by Gasteiger charge is -2.36. The van der Waals surface area contributed by atoms with E-state index in [9.17, 15) is 19.2 Å². The average molecular weight is 554 g/mol. The summed E-state index contributed by atoms with van der Waals surface area (Å²) in [6.07, 6.45) is 3.81. The summed E-state index contributed by atoms with van der Waals surface area (Å²) in [6.45, 7) is 1.29. The first-order valence-corrected chi connectivity index (χ1v) is 13.1. The third-order valence-electron chi connectivity index (χ3n) is 7.70. The fraction of sp³-hybridized carbons (Fsp3) is 0.226. The Bertz CT molecular complexity index is 1600. The maximum atomic E-state index is 14.1. The van der Waals surface area contributed by atoms with Gasteiger partial charge in [0.2, 0.25) is 17.7 Å². The summed E-state index contributed by atoms with van der Waals surface area (Å²) < 4.78 is 15.9. The van der Waals surface area contributed by atoms with E-state index in [-0.39, 0.29) is 0 Å². The summed E-state index contributed by atoms with van der Waals surface area (Å²) in [6, 6.07) is 17.3. The maximum absolute atomic E-state index is 14.1. The number of imide groups is 1. The van der Waals surface area contributed by atoms with Gasteiger partial charge in [-0.2, -0.15) is 0 Å². The normalized spacial score (nSPS) is 22.1. The molecule has 3 aliphatic rings. The van der Waals surface area contributed by atoms with Crippen LogP contribution in [-0.2, 0) is 19.2 Å². The quantitative estimate of drug-likeness (QED) is 0.280. The summed E-state index contributed by atoms with van der Waals surface area (Å²) in [4.78, 5) is 56.4. The molecule has 4 unspecified atom stereocenters. The Hall–Kier alpha value is -5.12. The molecule has 0 aliphatic carbocycles. The molecule has 3 amide bonds. The molecule has 3 aromatic rings. The third-order valence-corrected chi connectivity index (χ3v) is 7.70. The number of nitrogens with zero attached hydrogens (tertiary/aromatic N) is 2. The average Bonchev–Trinajstić information content (AvgIpc) is 3.45. The zero-order chi connectivity index (χ0) is 28.8. The van der Waals surface area contributed by atoms with E-state index in [2.05, 4.69) is 5.32 Å². The van der Waals surface area contributed by atoms with Crippen molar-refractivity contribution in [3.63, 3.8) is 0 Å². The van der Waals surface area contributed by atoms with Gasteiger partial charge in [0, 0.05) is 18.7 Å². The first-order valence-electron chi connectivity index (χ1n) is 13.1. The van der Waals surface area contributed by atoms with Gasteiger partial charge >= 0.3 is 5.97 Å². The van der Waals surface area contributed by atoms with Crippen LogP contribution in [0.4, 0.5) is 17.1 Å². The van der Waals surface area contributed by atoms with Crippen molar-refractivity contribution in [3.8, 4) is 17.2 Å². The molecule has 10 nitrogen and oxygen atoms in total. The molecule has 3 heterocycles. The number of carbonyl (C=O) groups excluding carboxylic acids is 4. The van der Waals surface area contributed by atoms with Crippen molar-refractivity contribution in [2.75, 3.05) is 29.3 Å². The Morgan fingerprint density at radius 2 is 1.56 bits per heavy atom. The number of nitrogens with one attached hydrogen (secondary N) is 1. The summed E-state index contributed by atoms with van der Waals surface area (Å²) in [5, 5.41) is 2.93. The molecular formula is C31H27N3O7. The van der Waals surface area contributed by atoms with Crippen molar-refractivity contribution in [1.82, 2.24) is 0 Å². The van der Waals surface area contributed by atoms with Gasteiger partial charge in [0.05, 0.1) is 43.5 Å². The number of methoxy groups -OCH3 is 2. The number of hydrogen-bond acceptors (Lipinski definition) is 8.